The van der Waals surface area contributed by atoms with Gasteiger partial charge in [-0.15, -0.1) is 0 Å². The number of nitrogens with one attached hydrogen (secondary N) is 2. The predicted octanol–water partition coefficient (Wildman–Crippen LogP) is 0.980. The summed E-state index contributed by atoms with van der Waals surface area (Å²) in [7, 11) is -3.22. The lowest BCUT2D eigenvalue weighted by atomic mass is 10.1. The molecule has 19 heavy (non-hydrogen) atoms. The molecule has 0 spiro atoms. The molecule has 0 saturated heterocycles. The number of rotatable bonds is 7. The lowest BCUT2D eigenvalue weighted by Crippen LogP contribution is -2.29. The fourth-order valence-electron chi connectivity index (χ4n) is 1.71. The Bertz CT molecular complexity index is 556. The van der Waals surface area contributed by atoms with Crippen LogP contribution in [0.2, 0.25) is 0 Å². The molecule has 0 unspecified atom stereocenters. The molecule has 1 aromatic carbocycles. The van der Waals surface area contributed by atoms with Crippen LogP contribution in [-0.2, 0) is 10.0 Å². The van der Waals surface area contributed by atoms with E-state index in [2.05, 4.69) is 10.0 Å². The first-order chi connectivity index (χ1) is 8.87. The van der Waals surface area contributed by atoms with Crippen molar-refractivity contribution in [2.75, 3.05) is 24.2 Å². The van der Waals surface area contributed by atoms with Crippen LogP contribution in [0, 0.1) is 6.92 Å². The summed E-state index contributed by atoms with van der Waals surface area (Å²) in [6, 6.07) is 5.60. The Balaban J connectivity index is 2.76. The second-order valence-electron chi connectivity index (χ2n) is 4.11. The highest BCUT2D eigenvalue weighted by molar-refractivity contribution is 7.89. The number of benzene rings is 1. The van der Waals surface area contributed by atoms with E-state index in [1.807, 2.05) is 25.1 Å². The Morgan fingerprint density at radius 1 is 1.42 bits per heavy atom. The second kappa shape index (κ2) is 6.83. The molecule has 1 rings (SSSR count). The highest BCUT2D eigenvalue weighted by atomic mass is 32.2. The molecular formula is C12H19N3O2S2. The van der Waals surface area contributed by atoms with Gasteiger partial charge in [0.1, 0.15) is 4.99 Å². The third kappa shape index (κ3) is 4.77. The molecule has 0 amide bonds. The van der Waals surface area contributed by atoms with Crippen molar-refractivity contribution in [1.29, 1.82) is 0 Å². The van der Waals surface area contributed by atoms with E-state index < -0.39 is 10.0 Å². The average Bonchev–Trinajstić information content (AvgIpc) is 2.30. The minimum atomic E-state index is -3.22. The predicted molar refractivity (Wildman–Crippen MR) is 83.0 cm³/mol. The Morgan fingerprint density at radius 2 is 2.11 bits per heavy atom. The largest absolute Gasteiger partial charge is 0.389 e. The second-order valence-corrected chi connectivity index (χ2v) is 6.47. The molecule has 106 valence electrons. The van der Waals surface area contributed by atoms with Crippen molar-refractivity contribution in [2.24, 2.45) is 5.73 Å². The Hall–Kier alpha value is -1.18. The highest BCUT2D eigenvalue weighted by Crippen LogP contribution is 2.20. The molecule has 0 radical (unpaired) electrons. The molecular weight excluding hydrogens is 282 g/mol. The van der Waals surface area contributed by atoms with Crippen LogP contribution >= 0.6 is 12.2 Å². The van der Waals surface area contributed by atoms with E-state index in [1.54, 1.807) is 6.92 Å². The maximum atomic E-state index is 11.5. The van der Waals surface area contributed by atoms with Crippen molar-refractivity contribution in [3.8, 4) is 0 Å². The minimum Gasteiger partial charge on any atom is -0.389 e. The molecule has 7 heteroatoms. The van der Waals surface area contributed by atoms with E-state index in [-0.39, 0.29) is 5.75 Å². The van der Waals surface area contributed by atoms with Crippen molar-refractivity contribution in [3.05, 3.63) is 29.3 Å². The summed E-state index contributed by atoms with van der Waals surface area (Å²) < 4.78 is 25.5. The number of para-hydroxylation sites is 1. The zero-order chi connectivity index (χ0) is 14.5. The highest BCUT2D eigenvalue weighted by Gasteiger charge is 2.11. The summed E-state index contributed by atoms with van der Waals surface area (Å²) >= 11 is 4.98. The number of hydrogen-bond acceptors (Lipinski definition) is 4. The van der Waals surface area contributed by atoms with Crippen LogP contribution in [0.3, 0.4) is 0 Å². The van der Waals surface area contributed by atoms with Crippen LogP contribution in [0.1, 0.15) is 18.1 Å². The van der Waals surface area contributed by atoms with Gasteiger partial charge in [0.05, 0.1) is 5.75 Å². The van der Waals surface area contributed by atoms with Crippen molar-refractivity contribution >= 4 is 32.9 Å². The molecule has 0 aliphatic carbocycles. The molecule has 5 nitrogen and oxygen atoms in total. The van der Waals surface area contributed by atoms with Gasteiger partial charge in [0, 0.05) is 24.3 Å². The molecule has 0 aliphatic rings. The average molecular weight is 301 g/mol. The lowest BCUT2D eigenvalue weighted by molar-refractivity contribution is 0.584. The number of anilines is 1. The van der Waals surface area contributed by atoms with Crippen LogP contribution in [0.25, 0.3) is 0 Å². The Labute approximate surface area is 119 Å². The van der Waals surface area contributed by atoms with E-state index in [9.17, 15) is 8.42 Å². The maximum absolute atomic E-state index is 11.5. The molecule has 0 aliphatic heterocycles. The summed E-state index contributed by atoms with van der Waals surface area (Å²) in [5.74, 6) is 0.00590. The van der Waals surface area contributed by atoms with Crippen LogP contribution in [0.5, 0.6) is 0 Å². The number of thiocarbonyl (C=S) groups is 1. The quantitative estimate of drug-likeness (QED) is 0.654. The summed E-state index contributed by atoms with van der Waals surface area (Å²) in [5, 5.41) is 3.09. The number of sulfonamides is 1. The summed E-state index contributed by atoms with van der Waals surface area (Å²) in [6.07, 6.45) is 0. The molecule has 4 N–H and O–H groups in total. The molecule has 0 fully saturated rings. The summed E-state index contributed by atoms with van der Waals surface area (Å²) in [4.78, 5) is 0.292. The molecule has 1 aromatic rings. The van der Waals surface area contributed by atoms with E-state index in [0.29, 0.717) is 18.1 Å². The van der Waals surface area contributed by atoms with Crippen molar-refractivity contribution in [1.82, 2.24) is 4.72 Å². The van der Waals surface area contributed by atoms with Gasteiger partial charge in [-0.05, 0) is 18.6 Å². The van der Waals surface area contributed by atoms with Crippen LogP contribution < -0.4 is 15.8 Å². The Morgan fingerprint density at radius 3 is 2.68 bits per heavy atom. The third-order valence-corrected chi connectivity index (χ3v) is 4.27. The van der Waals surface area contributed by atoms with Crippen molar-refractivity contribution < 1.29 is 8.42 Å². The fourth-order valence-corrected chi connectivity index (χ4v) is 2.84. The Kier molecular flexibility index (Phi) is 5.71. The van der Waals surface area contributed by atoms with Crippen LogP contribution in [0.15, 0.2) is 18.2 Å². The van der Waals surface area contributed by atoms with E-state index >= 15 is 0 Å². The zero-order valence-corrected chi connectivity index (χ0v) is 12.7. The van der Waals surface area contributed by atoms with Crippen LogP contribution in [-0.4, -0.2) is 32.2 Å². The maximum Gasteiger partial charge on any atom is 0.213 e. The summed E-state index contributed by atoms with van der Waals surface area (Å²) in [5.41, 5.74) is 8.15. The minimum absolute atomic E-state index is 0.00590. The molecule has 0 bridgehead atoms. The first-order valence-corrected chi connectivity index (χ1v) is 8.04. The van der Waals surface area contributed by atoms with Gasteiger partial charge in [0.15, 0.2) is 0 Å². The number of nitrogens with two attached hydrogens (primary N) is 1. The van der Waals surface area contributed by atoms with Crippen LogP contribution in [0.4, 0.5) is 5.69 Å². The lowest BCUT2D eigenvalue weighted by Gasteiger charge is -2.14. The SMILES string of the molecule is CCNS(=O)(=O)CCNc1c(C)cccc1C(N)=S. The summed E-state index contributed by atoms with van der Waals surface area (Å²) in [6.45, 7) is 4.36. The van der Waals surface area contributed by atoms with Gasteiger partial charge in [-0.2, -0.15) is 0 Å². The van der Waals surface area contributed by atoms with Gasteiger partial charge in [-0.1, -0.05) is 31.3 Å². The first-order valence-electron chi connectivity index (χ1n) is 5.98. The van der Waals surface area contributed by atoms with Gasteiger partial charge in [0.2, 0.25) is 10.0 Å². The van der Waals surface area contributed by atoms with Gasteiger partial charge in [-0.25, -0.2) is 13.1 Å². The normalized spacial score (nSPS) is 11.3. The monoisotopic (exact) mass is 301 g/mol. The van der Waals surface area contributed by atoms with Gasteiger partial charge in [0.25, 0.3) is 0 Å². The molecule has 0 saturated carbocycles. The molecule has 0 aromatic heterocycles. The van der Waals surface area contributed by atoms with Gasteiger partial charge >= 0.3 is 0 Å². The number of aryl methyl sites for hydroxylation is 1. The third-order valence-electron chi connectivity index (χ3n) is 2.58. The van der Waals surface area contributed by atoms with Gasteiger partial charge in [-0.3, -0.25) is 0 Å². The fraction of sp³-hybridized carbons (Fsp3) is 0.417. The van der Waals surface area contributed by atoms with E-state index in [4.69, 9.17) is 18.0 Å². The molecule has 0 atom stereocenters. The smallest absolute Gasteiger partial charge is 0.213 e. The standard InChI is InChI=1S/C12H19N3O2S2/c1-3-15-19(16,17)8-7-14-11-9(2)5-4-6-10(11)12(13)18/h4-6,14-15H,3,7-8H2,1-2H3,(H2,13,18). The van der Waals surface area contributed by atoms with Gasteiger partial charge < -0.3 is 11.1 Å². The van der Waals surface area contributed by atoms with Crippen molar-refractivity contribution in [2.45, 2.75) is 13.8 Å². The van der Waals surface area contributed by atoms with E-state index in [1.165, 1.54) is 0 Å². The topological polar surface area (TPSA) is 84.2 Å². The first kappa shape index (κ1) is 15.9. The van der Waals surface area contributed by atoms with E-state index in [0.717, 1.165) is 16.8 Å². The molecule has 0 heterocycles. The van der Waals surface area contributed by atoms with Crippen molar-refractivity contribution in [3.63, 3.8) is 0 Å². The number of hydrogen-bond donors (Lipinski definition) is 3. The zero-order valence-electron chi connectivity index (χ0n) is 11.1.